The van der Waals surface area contributed by atoms with Gasteiger partial charge in [-0.2, -0.15) is 0 Å². The van der Waals surface area contributed by atoms with E-state index >= 15 is 0 Å². The Bertz CT molecular complexity index is 962. The quantitative estimate of drug-likeness (QED) is 0.712. The average Bonchev–Trinajstić information content (AvgIpc) is 2.97. The Kier molecular flexibility index (Phi) is 4.29. The highest BCUT2D eigenvalue weighted by Gasteiger charge is 2.23. The van der Waals surface area contributed by atoms with Crippen molar-refractivity contribution in [3.8, 4) is 5.75 Å². The number of hydrogen-bond acceptors (Lipinski definition) is 4. The molecule has 0 saturated heterocycles. The zero-order chi connectivity index (χ0) is 17.4. The van der Waals surface area contributed by atoms with Crippen LogP contribution in [0.1, 0.15) is 23.8 Å². The largest absolute Gasteiger partial charge is 0.492 e. The molecular formula is C19H19FN2O2S. The third-order valence-electron chi connectivity index (χ3n) is 4.70. The summed E-state index contributed by atoms with van der Waals surface area (Å²) in [4.78, 5) is 19.5. The minimum absolute atomic E-state index is 0.0137. The van der Waals surface area contributed by atoms with Gasteiger partial charge in [0.1, 0.15) is 23.0 Å². The summed E-state index contributed by atoms with van der Waals surface area (Å²) in [6, 6.07) is 5.87. The van der Waals surface area contributed by atoms with Crippen LogP contribution >= 0.6 is 11.3 Å². The van der Waals surface area contributed by atoms with Crippen LogP contribution in [0.15, 0.2) is 35.4 Å². The lowest BCUT2D eigenvalue weighted by Crippen LogP contribution is -2.24. The van der Waals surface area contributed by atoms with E-state index in [4.69, 9.17) is 4.74 Å². The second-order valence-electron chi connectivity index (χ2n) is 6.58. The first-order valence-electron chi connectivity index (χ1n) is 8.50. The number of ether oxygens (including phenoxy) is 1. The van der Waals surface area contributed by atoms with Gasteiger partial charge < -0.3 is 4.74 Å². The van der Waals surface area contributed by atoms with Crippen molar-refractivity contribution in [3.63, 3.8) is 0 Å². The first-order chi connectivity index (χ1) is 12.1. The second-order valence-corrected chi connectivity index (χ2v) is 7.66. The molecule has 0 radical (unpaired) electrons. The summed E-state index contributed by atoms with van der Waals surface area (Å²) in [7, 11) is 0. The normalized spacial score (nSPS) is 16.8. The lowest BCUT2D eigenvalue weighted by Gasteiger charge is -2.17. The number of aromatic nitrogens is 2. The Hall–Kier alpha value is -2.21. The molecule has 1 atom stereocenters. The van der Waals surface area contributed by atoms with Gasteiger partial charge in [0.25, 0.3) is 5.56 Å². The minimum Gasteiger partial charge on any atom is -0.492 e. The molecule has 0 fully saturated rings. The number of benzene rings is 1. The number of hydrogen-bond donors (Lipinski definition) is 0. The van der Waals surface area contributed by atoms with Gasteiger partial charge in [-0.05, 0) is 55.0 Å². The number of rotatable bonds is 4. The van der Waals surface area contributed by atoms with Crippen LogP contribution in [0.2, 0.25) is 0 Å². The predicted molar refractivity (Wildman–Crippen MR) is 97.0 cm³/mol. The summed E-state index contributed by atoms with van der Waals surface area (Å²) in [6.45, 7) is 3.01. The number of nitrogens with zero attached hydrogens (tertiary/aromatic N) is 2. The predicted octanol–water partition coefficient (Wildman–Crippen LogP) is 3.80. The molecule has 2 aromatic heterocycles. The molecular weight excluding hydrogens is 339 g/mol. The Morgan fingerprint density at radius 2 is 2.16 bits per heavy atom. The van der Waals surface area contributed by atoms with E-state index in [1.165, 1.54) is 22.6 Å². The highest BCUT2D eigenvalue weighted by molar-refractivity contribution is 7.18. The number of fused-ring (bicyclic) bond motifs is 3. The lowest BCUT2D eigenvalue weighted by molar-refractivity contribution is 0.295. The zero-order valence-corrected chi connectivity index (χ0v) is 14.8. The second kappa shape index (κ2) is 6.59. The molecule has 130 valence electrons. The third kappa shape index (κ3) is 3.18. The van der Waals surface area contributed by atoms with Gasteiger partial charge in [0, 0.05) is 4.88 Å². The van der Waals surface area contributed by atoms with Crippen LogP contribution in [0, 0.1) is 11.7 Å². The van der Waals surface area contributed by atoms with Crippen molar-refractivity contribution in [1.29, 1.82) is 0 Å². The zero-order valence-electron chi connectivity index (χ0n) is 14.0. The van der Waals surface area contributed by atoms with E-state index in [2.05, 4.69) is 11.9 Å². The molecule has 0 N–H and O–H groups in total. The van der Waals surface area contributed by atoms with Crippen molar-refractivity contribution in [2.24, 2.45) is 5.92 Å². The van der Waals surface area contributed by atoms with Crippen molar-refractivity contribution >= 4 is 21.6 Å². The summed E-state index contributed by atoms with van der Waals surface area (Å²) in [6.07, 6.45) is 4.73. The summed E-state index contributed by atoms with van der Waals surface area (Å²) >= 11 is 1.66. The van der Waals surface area contributed by atoms with Crippen LogP contribution in [0.3, 0.4) is 0 Å². The van der Waals surface area contributed by atoms with Gasteiger partial charge in [0.05, 0.1) is 18.3 Å². The van der Waals surface area contributed by atoms with Crippen LogP contribution in [0.4, 0.5) is 4.39 Å². The fourth-order valence-corrected chi connectivity index (χ4v) is 4.66. The van der Waals surface area contributed by atoms with E-state index < -0.39 is 0 Å². The molecule has 1 aromatic carbocycles. The number of thiophene rings is 1. The van der Waals surface area contributed by atoms with Crippen LogP contribution in [0.5, 0.6) is 5.75 Å². The first-order valence-corrected chi connectivity index (χ1v) is 9.31. The molecule has 2 heterocycles. The third-order valence-corrected chi connectivity index (χ3v) is 5.86. The highest BCUT2D eigenvalue weighted by Crippen LogP contribution is 2.35. The Morgan fingerprint density at radius 1 is 1.36 bits per heavy atom. The van der Waals surface area contributed by atoms with Crippen LogP contribution < -0.4 is 10.3 Å². The monoisotopic (exact) mass is 358 g/mol. The van der Waals surface area contributed by atoms with Crippen LogP contribution in [0.25, 0.3) is 10.2 Å². The molecule has 1 aliphatic carbocycles. The summed E-state index contributed by atoms with van der Waals surface area (Å²) in [5.41, 5.74) is 1.21. The van der Waals surface area contributed by atoms with Gasteiger partial charge >= 0.3 is 0 Å². The van der Waals surface area contributed by atoms with E-state index in [9.17, 15) is 9.18 Å². The summed E-state index contributed by atoms with van der Waals surface area (Å²) < 4.78 is 20.1. The maximum Gasteiger partial charge on any atom is 0.262 e. The number of halogens is 1. The van der Waals surface area contributed by atoms with E-state index in [0.29, 0.717) is 24.8 Å². The average molecular weight is 358 g/mol. The number of aryl methyl sites for hydroxylation is 1. The minimum atomic E-state index is -0.297. The molecule has 0 amide bonds. The molecule has 0 saturated carbocycles. The van der Waals surface area contributed by atoms with Crippen molar-refractivity contribution in [1.82, 2.24) is 9.55 Å². The van der Waals surface area contributed by atoms with Crippen molar-refractivity contribution in [2.75, 3.05) is 6.61 Å². The fraction of sp³-hybridized carbons (Fsp3) is 0.368. The molecule has 4 rings (SSSR count). The maximum atomic E-state index is 12.9. The van der Waals surface area contributed by atoms with Crippen LogP contribution in [-0.2, 0) is 19.4 Å². The fourth-order valence-electron chi connectivity index (χ4n) is 3.32. The summed E-state index contributed by atoms with van der Waals surface area (Å²) in [5.74, 6) is 0.965. The van der Waals surface area contributed by atoms with E-state index in [-0.39, 0.29) is 11.4 Å². The maximum absolute atomic E-state index is 12.9. The molecule has 0 spiro atoms. The smallest absolute Gasteiger partial charge is 0.262 e. The van der Waals surface area contributed by atoms with Gasteiger partial charge in [-0.3, -0.25) is 9.36 Å². The Labute approximate surface area is 148 Å². The molecule has 3 aromatic rings. The molecule has 0 aliphatic heterocycles. The summed E-state index contributed by atoms with van der Waals surface area (Å²) in [5, 5.41) is 0.788. The molecule has 25 heavy (non-hydrogen) atoms. The molecule has 1 unspecified atom stereocenters. The molecule has 0 bridgehead atoms. The van der Waals surface area contributed by atoms with Gasteiger partial charge in [-0.1, -0.05) is 6.92 Å². The van der Waals surface area contributed by atoms with E-state index in [1.54, 1.807) is 34.4 Å². The van der Waals surface area contributed by atoms with Gasteiger partial charge in [-0.25, -0.2) is 9.37 Å². The van der Waals surface area contributed by atoms with Gasteiger partial charge in [0.15, 0.2) is 0 Å². The molecule has 4 nitrogen and oxygen atoms in total. The van der Waals surface area contributed by atoms with Crippen LogP contribution in [-0.4, -0.2) is 16.2 Å². The standard InChI is InChI=1S/C19H19FN2O2S/c1-12-2-7-15-16(10-12)25-18-17(15)19(23)22(11-21-18)8-9-24-14-5-3-13(20)4-6-14/h3-6,11-12H,2,7-10H2,1H3. The van der Waals surface area contributed by atoms with E-state index in [1.807, 2.05) is 0 Å². The molecule has 1 aliphatic rings. The lowest BCUT2D eigenvalue weighted by atomic mass is 9.89. The van der Waals surface area contributed by atoms with Crippen molar-refractivity contribution in [2.45, 2.75) is 32.7 Å². The topological polar surface area (TPSA) is 44.1 Å². The Balaban J connectivity index is 1.55. The highest BCUT2D eigenvalue weighted by atomic mass is 32.1. The Morgan fingerprint density at radius 3 is 2.96 bits per heavy atom. The van der Waals surface area contributed by atoms with E-state index in [0.717, 1.165) is 29.5 Å². The SMILES string of the molecule is CC1CCc2c(sc3ncn(CCOc4ccc(F)cc4)c(=O)c23)C1. The van der Waals surface area contributed by atoms with Crippen molar-refractivity contribution < 1.29 is 9.13 Å². The first kappa shape index (κ1) is 16.3. The van der Waals surface area contributed by atoms with Gasteiger partial charge in [0.2, 0.25) is 0 Å². The van der Waals surface area contributed by atoms with Gasteiger partial charge in [-0.15, -0.1) is 11.3 Å². The van der Waals surface area contributed by atoms with Crippen molar-refractivity contribution in [3.05, 3.63) is 57.2 Å². The molecule has 6 heteroatoms.